The highest BCUT2D eigenvalue weighted by Crippen LogP contribution is 2.41. The van der Waals surface area contributed by atoms with Gasteiger partial charge in [0.2, 0.25) is 5.91 Å². The lowest BCUT2D eigenvalue weighted by Crippen LogP contribution is -2.73. The van der Waals surface area contributed by atoms with E-state index in [1.54, 1.807) is 0 Å². The van der Waals surface area contributed by atoms with Gasteiger partial charge in [-0.1, -0.05) is 20.3 Å². The largest absolute Gasteiger partial charge is 0.341 e. The van der Waals surface area contributed by atoms with Crippen LogP contribution in [0.2, 0.25) is 0 Å². The minimum Gasteiger partial charge on any atom is -0.341 e. The first-order valence-electron chi connectivity index (χ1n) is 7.09. The molecule has 3 nitrogen and oxygen atoms in total. The molecule has 2 heterocycles. The molecule has 3 heteroatoms. The lowest BCUT2D eigenvalue weighted by Gasteiger charge is -2.61. The molecule has 0 bridgehead atoms. The number of rotatable bonds is 3. The lowest BCUT2D eigenvalue weighted by molar-refractivity contribution is -0.166. The summed E-state index contributed by atoms with van der Waals surface area (Å²) in [4.78, 5) is 16.7. The number of amides is 1. The quantitative estimate of drug-likeness (QED) is 0.743. The van der Waals surface area contributed by atoms with Crippen LogP contribution in [0.4, 0.5) is 0 Å². The maximum absolute atomic E-state index is 12.0. The van der Waals surface area contributed by atoms with Crippen molar-refractivity contribution < 1.29 is 4.79 Å². The molecule has 2 aliphatic heterocycles. The molecule has 0 aromatic heterocycles. The standard InChI is InChI=1S/C14H24N2O/c1-11(2)6-15-7-14(8-15)9-16(10-14)13(17)12-4-3-5-12/h11-12H,3-10H2,1-2H3. The van der Waals surface area contributed by atoms with Crippen LogP contribution in [0.1, 0.15) is 33.1 Å². The van der Waals surface area contributed by atoms with E-state index in [0.29, 0.717) is 17.2 Å². The highest BCUT2D eigenvalue weighted by molar-refractivity contribution is 5.80. The second-order valence-corrected chi connectivity index (χ2v) is 6.89. The molecule has 17 heavy (non-hydrogen) atoms. The van der Waals surface area contributed by atoms with Gasteiger partial charge in [-0.3, -0.25) is 4.79 Å². The second kappa shape index (κ2) is 3.98. The molecule has 0 aromatic carbocycles. The highest BCUT2D eigenvalue weighted by atomic mass is 16.2. The van der Waals surface area contributed by atoms with Crippen LogP contribution in [0.3, 0.4) is 0 Å². The first kappa shape index (κ1) is 11.5. The van der Waals surface area contributed by atoms with E-state index in [2.05, 4.69) is 23.6 Å². The minimum absolute atomic E-state index is 0.388. The van der Waals surface area contributed by atoms with Crippen LogP contribution in [-0.4, -0.2) is 48.4 Å². The summed E-state index contributed by atoms with van der Waals surface area (Å²) in [5, 5.41) is 0. The van der Waals surface area contributed by atoms with Gasteiger partial charge in [-0.05, 0) is 18.8 Å². The Morgan fingerprint density at radius 2 is 1.88 bits per heavy atom. The number of likely N-dealkylation sites (tertiary alicyclic amines) is 2. The van der Waals surface area contributed by atoms with Gasteiger partial charge in [-0.15, -0.1) is 0 Å². The maximum Gasteiger partial charge on any atom is 0.225 e. The van der Waals surface area contributed by atoms with E-state index in [-0.39, 0.29) is 0 Å². The molecule has 96 valence electrons. The van der Waals surface area contributed by atoms with Crippen LogP contribution in [0, 0.1) is 17.3 Å². The fourth-order valence-electron chi connectivity index (χ4n) is 3.58. The summed E-state index contributed by atoms with van der Waals surface area (Å²) in [5.41, 5.74) is 0.494. The molecule has 1 amide bonds. The smallest absolute Gasteiger partial charge is 0.225 e. The van der Waals surface area contributed by atoms with E-state index in [9.17, 15) is 4.79 Å². The van der Waals surface area contributed by atoms with Gasteiger partial charge in [-0.25, -0.2) is 0 Å². The van der Waals surface area contributed by atoms with E-state index in [0.717, 1.165) is 31.8 Å². The van der Waals surface area contributed by atoms with Crippen molar-refractivity contribution >= 4 is 5.91 Å². The van der Waals surface area contributed by atoms with Crippen LogP contribution in [-0.2, 0) is 4.79 Å². The maximum atomic E-state index is 12.0. The zero-order chi connectivity index (χ0) is 12.0. The van der Waals surface area contributed by atoms with Crippen LogP contribution < -0.4 is 0 Å². The van der Waals surface area contributed by atoms with Gasteiger partial charge in [0.15, 0.2) is 0 Å². The zero-order valence-electron chi connectivity index (χ0n) is 11.1. The Hall–Kier alpha value is -0.570. The third-order valence-electron chi connectivity index (χ3n) is 4.56. The third kappa shape index (κ3) is 1.99. The van der Waals surface area contributed by atoms with Gasteiger partial charge in [0.05, 0.1) is 0 Å². The van der Waals surface area contributed by atoms with Crippen molar-refractivity contribution in [1.29, 1.82) is 0 Å². The van der Waals surface area contributed by atoms with Crippen molar-refractivity contribution in [3.63, 3.8) is 0 Å². The van der Waals surface area contributed by atoms with E-state index < -0.39 is 0 Å². The Balaban J connectivity index is 1.42. The summed E-state index contributed by atoms with van der Waals surface area (Å²) in [6.45, 7) is 10.3. The number of carbonyl (C=O) groups is 1. The molecule has 3 rings (SSSR count). The predicted octanol–water partition coefficient (Wildman–Crippen LogP) is 1.59. The van der Waals surface area contributed by atoms with Crippen molar-refractivity contribution in [2.24, 2.45) is 17.3 Å². The van der Waals surface area contributed by atoms with Crippen molar-refractivity contribution in [3.8, 4) is 0 Å². The van der Waals surface area contributed by atoms with Crippen molar-refractivity contribution in [3.05, 3.63) is 0 Å². The molecule has 0 radical (unpaired) electrons. The predicted molar refractivity (Wildman–Crippen MR) is 67.6 cm³/mol. The summed E-state index contributed by atoms with van der Waals surface area (Å²) in [5.74, 6) is 1.60. The molecular formula is C14H24N2O. The molecule has 0 atom stereocenters. The van der Waals surface area contributed by atoms with Crippen LogP contribution in [0.15, 0.2) is 0 Å². The molecule has 1 saturated carbocycles. The molecule has 0 N–H and O–H groups in total. The van der Waals surface area contributed by atoms with Gasteiger partial charge in [-0.2, -0.15) is 0 Å². The Bertz CT molecular complexity index is 308. The fraction of sp³-hybridized carbons (Fsp3) is 0.929. The van der Waals surface area contributed by atoms with E-state index in [4.69, 9.17) is 0 Å². The molecule has 3 fully saturated rings. The average molecular weight is 236 g/mol. The lowest BCUT2D eigenvalue weighted by atomic mass is 9.71. The first-order valence-corrected chi connectivity index (χ1v) is 7.09. The van der Waals surface area contributed by atoms with Crippen molar-refractivity contribution in [2.75, 3.05) is 32.7 Å². The topological polar surface area (TPSA) is 23.6 Å². The third-order valence-corrected chi connectivity index (χ3v) is 4.56. The van der Waals surface area contributed by atoms with E-state index >= 15 is 0 Å². The summed E-state index contributed by atoms with van der Waals surface area (Å²) in [6.07, 6.45) is 3.54. The number of carbonyl (C=O) groups excluding carboxylic acids is 1. The fourth-order valence-corrected chi connectivity index (χ4v) is 3.58. The molecule has 0 unspecified atom stereocenters. The monoisotopic (exact) mass is 236 g/mol. The van der Waals surface area contributed by atoms with Crippen molar-refractivity contribution in [2.45, 2.75) is 33.1 Å². The summed E-state index contributed by atoms with van der Waals surface area (Å²) < 4.78 is 0. The molecule has 1 aliphatic carbocycles. The number of hydrogen-bond donors (Lipinski definition) is 0. The number of hydrogen-bond acceptors (Lipinski definition) is 2. The molecular weight excluding hydrogens is 212 g/mol. The van der Waals surface area contributed by atoms with Gasteiger partial charge >= 0.3 is 0 Å². The zero-order valence-corrected chi connectivity index (χ0v) is 11.1. The van der Waals surface area contributed by atoms with Gasteiger partial charge in [0.1, 0.15) is 0 Å². The second-order valence-electron chi connectivity index (χ2n) is 6.89. The SMILES string of the molecule is CC(C)CN1CC2(C1)CN(C(=O)C1CCC1)C2. The molecule has 1 spiro atoms. The highest BCUT2D eigenvalue weighted by Gasteiger charge is 2.53. The summed E-state index contributed by atoms with van der Waals surface area (Å²) in [7, 11) is 0. The van der Waals surface area contributed by atoms with Crippen molar-refractivity contribution in [1.82, 2.24) is 9.80 Å². The Morgan fingerprint density at radius 3 is 2.35 bits per heavy atom. The summed E-state index contributed by atoms with van der Waals surface area (Å²) >= 11 is 0. The van der Waals surface area contributed by atoms with E-state index in [1.165, 1.54) is 26.1 Å². The Morgan fingerprint density at radius 1 is 1.24 bits per heavy atom. The normalized spacial score (nSPS) is 27.8. The van der Waals surface area contributed by atoms with E-state index in [1.807, 2.05) is 0 Å². The minimum atomic E-state index is 0.388. The van der Waals surface area contributed by atoms with Gasteiger partial charge < -0.3 is 9.80 Å². The average Bonchev–Trinajstić information content (AvgIpc) is 2.02. The summed E-state index contributed by atoms with van der Waals surface area (Å²) in [6, 6.07) is 0. The van der Waals surface area contributed by atoms with Gasteiger partial charge in [0.25, 0.3) is 0 Å². The molecule has 2 saturated heterocycles. The van der Waals surface area contributed by atoms with Gasteiger partial charge in [0, 0.05) is 44.1 Å². The molecule has 0 aromatic rings. The Kier molecular flexibility index (Phi) is 2.69. The first-order chi connectivity index (χ1) is 8.08. The van der Waals surface area contributed by atoms with Crippen LogP contribution in [0.25, 0.3) is 0 Å². The molecule has 3 aliphatic rings. The Labute approximate surface area is 104 Å². The number of nitrogens with zero attached hydrogens (tertiary/aromatic N) is 2. The van der Waals surface area contributed by atoms with Crippen LogP contribution >= 0.6 is 0 Å². The van der Waals surface area contributed by atoms with Crippen LogP contribution in [0.5, 0.6) is 0 Å².